The third kappa shape index (κ3) is 2.95. The quantitative estimate of drug-likeness (QED) is 0.580. The summed E-state index contributed by atoms with van der Waals surface area (Å²) in [7, 11) is -1.99. The number of hydrogen-bond acceptors (Lipinski definition) is 2. The minimum absolute atomic E-state index is 0.117. The van der Waals surface area contributed by atoms with E-state index in [2.05, 4.69) is 109 Å². The lowest BCUT2D eigenvalue weighted by molar-refractivity contribution is 0.612. The second-order valence-electron chi connectivity index (χ2n) is 8.27. The number of rotatable bonds is 5. The van der Waals surface area contributed by atoms with Crippen LogP contribution in [0.3, 0.4) is 0 Å². The van der Waals surface area contributed by atoms with Gasteiger partial charge in [0.2, 0.25) is 0 Å². The molecule has 28 heavy (non-hydrogen) atoms. The molecule has 4 rings (SSSR count). The van der Waals surface area contributed by atoms with Gasteiger partial charge in [-0.2, -0.15) is 5.26 Å². The van der Waals surface area contributed by atoms with Crippen LogP contribution in [0.15, 0.2) is 84.9 Å². The van der Waals surface area contributed by atoms with Crippen molar-refractivity contribution in [3.63, 3.8) is 0 Å². The Hall–Kier alpha value is -2.83. The summed E-state index contributed by atoms with van der Waals surface area (Å²) in [5, 5.41) is 11.2. The van der Waals surface area contributed by atoms with E-state index in [-0.39, 0.29) is 5.04 Å². The van der Waals surface area contributed by atoms with Crippen LogP contribution in [0.1, 0.15) is 17.5 Å². The zero-order valence-electron chi connectivity index (χ0n) is 16.6. The van der Waals surface area contributed by atoms with Crippen LogP contribution in [0, 0.1) is 11.3 Å². The maximum absolute atomic E-state index is 9.86. The number of nitriles is 1. The molecule has 0 saturated carbocycles. The van der Waals surface area contributed by atoms with Gasteiger partial charge in [0.15, 0.2) is 0 Å². The SMILES string of the molecule is C[Si](C)(c1ccccc1)C1(CC#N)CN(Cc2ccccc2)c2ccccc21. The molecular weight excluding hydrogens is 356 g/mol. The monoisotopic (exact) mass is 382 g/mol. The van der Waals surface area contributed by atoms with E-state index in [4.69, 9.17) is 0 Å². The molecule has 1 aliphatic heterocycles. The number of para-hydroxylation sites is 1. The zero-order chi connectivity index (χ0) is 19.6. The summed E-state index contributed by atoms with van der Waals surface area (Å²) in [6.07, 6.45) is 0.559. The lowest BCUT2D eigenvalue weighted by Crippen LogP contribution is -2.61. The minimum Gasteiger partial charge on any atom is -0.366 e. The van der Waals surface area contributed by atoms with Gasteiger partial charge in [-0.1, -0.05) is 97.1 Å². The van der Waals surface area contributed by atoms with Crippen LogP contribution in [0.5, 0.6) is 0 Å². The van der Waals surface area contributed by atoms with E-state index in [0.29, 0.717) is 6.42 Å². The number of fused-ring (bicyclic) bond motifs is 1. The van der Waals surface area contributed by atoms with Crippen LogP contribution in [-0.2, 0) is 11.6 Å². The standard InChI is InChI=1S/C25H26N2Si/c1-28(2,22-13-7-4-8-14-22)25(17-18-26)20-27(19-21-11-5-3-6-12-21)24-16-10-9-15-23(24)25/h3-16H,17,19-20H2,1-2H3. The first-order chi connectivity index (χ1) is 13.6. The van der Waals surface area contributed by atoms with Crippen molar-refractivity contribution in [1.29, 1.82) is 5.26 Å². The van der Waals surface area contributed by atoms with E-state index in [0.717, 1.165) is 13.1 Å². The molecule has 0 radical (unpaired) electrons. The molecule has 3 aromatic rings. The summed E-state index contributed by atoms with van der Waals surface area (Å²) in [4.78, 5) is 2.49. The summed E-state index contributed by atoms with van der Waals surface area (Å²) in [6.45, 7) is 6.65. The molecule has 140 valence electrons. The molecule has 3 heteroatoms. The van der Waals surface area contributed by atoms with Crippen molar-refractivity contribution in [2.24, 2.45) is 0 Å². The highest BCUT2D eigenvalue weighted by molar-refractivity contribution is 6.92. The molecule has 2 nitrogen and oxygen atoms in total. The summed E-state index contributed by atoms with van der Waals surface area (Å²) in [5.41, 5.74) is 3.95. The summed E-state index contributed by atoms with van der Waals surface area (Å²) >= 11 is 0. The van der Waals surface area contributed by atoms with Gasteiger partial charge in [0, 0.05) is 30.2 Å². The van der Waals surface area contributed by atoms with Crippen LogP contribution in [0.4, 0.5) is 5.69 Å². The third-order valence-corrected chi connectivity index (χ3v) is 11.3. The first-order valence-electron chi connectivity index (χ1n) is 9.89. The van der Waals surface area contributed by atoms with Gasteiger partial charge in [0.05, 0.1) is 14.1 Å². The van der Waals surface area contributed by atoms with Gasteiger partial charge >= 0.3 is 0 Å². The number of benzene rings is 3. The van der Waals surface area contributed by atoms with Crippen molar-refractivity contribution in [3.05, 3.63) is 96.1 Å². The van der Waals surface area contributed by atoms with Crippen LogP contribution in [0.2, 0.25) is 13.1 Å². The van der Waals surface area contributed by atoms with Gasteiger partial charge in [-0.05, 0) is 17.2 Å². The molecule has 0 aromatic heterocycles. The third-order valence-electron chi connectivity index (χ3n) is 6.51. The minimum atomic E-state index is -1.99. The average molecular weight is 383 g/mol. The van der Waals surface area contributed by atoms with Crippen LogP contribution < -0.4 is 10.1 Å². The highest BCUT2D eigenvalue weighted by Gasteiger charge is 2.54. The second-order valence-corrected chi connectivity index (χ2v) is 13.1. The van der Waals surface area contributed by atoms with Crippen LogP contribution in [0.25, 0.3) is 0 Å². The van der Waals surface area contributed by atoms with Gasteiger partial charge in [-0.3, -0.25) is 0 Å². The van der Waals surface area contributed by atoms with Crippen LogP contribution >= 0.6 is 0 Å². The Morgan fingerprint density at radius 1 is 0.893 bits per heavy atom. The first kappa shape index (κ1) is 18.5. The van der Waals surface area contributed by atoms with E-state index in [1.807, 2.05) is 0 Å². The molecule has 0 spiro atoms. The van der Waals surface area contributed by atoms with Crippen molar-refractivity contribution >= 4 is 18.9 Å². The first-order valence-corrected chi connectivity index (χ1v) is 12.9. The molecule has 1 atom stereocenters. The fourth-order valence-corrected chi connectivity index (χ4v) is 8.34. The van der Waals surface area contributed by atoms with Gasteiger partial charge in [-0.25, -0.2) is 0 Å². The second kappa shape index (κ2) is 7.29. The lowest BCUT2D eigenvalue weighted by Gasteiger charge is -2.42. The molecule has 0 bridgehead atoms. The van der Waals surface area contributed by atoms with Gasteiger partial charge < -0.3 is 4.90 Å². The van der Waals surface area contributed by atoms with Gasteiger partial charge in [0.1, 0.15) is 0 Å². The Morgan fingerprint density at radius 2 is 1.50 bits per heavy atom. The van der Waals surface area contributed by atoms with Crippen molar-refractivity contribution in [3.8, 4) is 6.07 Å². The van der Waals surface area contributed by atoms with E-state index >= 15 is 0 Å². The smallest absolute Gasteiger partial charge is 0.0947 e. The highest BCUT2D eigenvalue weighted by Crippen LogP contribution is 2.48. The predicted molar refractivity (Wildman–Crippen MR) is 119 cm³/mol. The highest BCUT2D eigenvalue weighted by atomic mass is 28.3. The molecule has 3 aromatic carbocycles. The van der Waals surface area contributed by atoms with E-state index in [1.54, 1.807) is 0 Å². The lowest BCUT2D eigenvalue weighted by atomic mass is 9.97. The number of anilines is 1. The molecule has 0 fully saturated rings. The van der Waals surface area contributed by atoms with Crippen LogP contribution in [-0.4, -0.2) is 14.6 Å². The topological polar surface area (TPSA) is 27.0 Å². The van der Waals surface area contributed by atoms with Crippen molar-refractivity contribution in [2.45, 2.75) is 31.1 Å². The fourth-order valence-electron chi connectivity index (χ4n) is 4.77. The normalized spacial score (nSPS) is 18.5. The summed E-state index contributed by atoms with van der Waals surface area (Å²) in [6, 6.07) is 32.8. The average Bonchev–Trinajstić information content (AvgIpc) is 3.05. The van der Waals surface area contributed by atoms with Crippen molar-refractivity contribution < 1.29 is 0 Å². The van der Waals surface area contributed by atoms with Gasteiger partial charge in [0.25, 0.3) is 0 Å². The predicted octanol–water partition coefficient (Wildman–Crippen LogP) is 5.01. The van der Waals surface area contributed by atoms with E-state index in [9.17, 15) is 5.26 Å². The van der Waals surface area contributed by atoms with E-state index < -0.39 is 8.07 Å². The number of nitrogens with zero attached hydrogens (tertiary/aromatic N) is 2. The molecular formula is C25H26N2Si. The molecule has 0 N–H and O–H groups in total. The van der Waals surface area contributed by atoms with Gasteiger partial charge in [-0.15, -0.1) is 0 Å². The Morgan fingerprint density at radius 3 is 2.18 bits per heavy atom. The molecule has 0 aliphatic carbocycles. The molecule has 1 heterocycles. The zero-order valence-corrected chi connectivity index (χ0v) is 17.6. The Kier molecular flexibility index (Phi) is 4.83. The maximum Gasteiger partial charge on any atom is 0.0947 e. The number of hydrogen-bond donors (Lipinski definition) is 0. The molecule has 0 saturated heterocycles. The maximum atomic E-state index is 9.86. The Labute approximate surface area is 169 Å². The van der Waals surface area contributed by atoms with E-state index in [1.165, 1.54) is 22.0 Å². The van der Waals surface area contributed by atoms with Crippen molar-refractivity contribution in [2.75, 3.05) is 11.4 Å². The summed E-state index contributed by atoms with van der Waals surface area (Å²) in [5.74, 6) is 0. The molecule has 1 aliphatic rings. The summed E-state index contributed by atoms with van der Waals surface area (Å²) < 4.78 is 0. The Balaban J connectivity index is 1.83. The molecule has 1 unspecified atom stereocenters. The largest absolute Gasteiger partial charge is 0.366 e. The Bertz CT molecular complexity index is 992. The fraction of sp³-hybridized carbons (Fsp3) is 0.240. The molecule has 0 amide bonds. The van der Waals surface area contributed by atoms with Crippen molar-refractivity contribution in [1.82, 2.24) is 0 Å².